The van der Waals surface area contributed by atoms with Crippen LogP contribution < -0.4 is 5.32 Å². The lowest BCUT2D eigenvalue weighted by Crippen LogP contribution is -2.20. The second kappa shape index (κ2) is 5.87. The first-order chi connectivity index (χ1) is 9.60. The van der Waals surface area contributed by atoms with Crippen molar-refractivity contribution < 1.29 is 14.4 Å². The first-order valence-corrected chi connectivity index (χ1v) is 5.85. The van der Waals surface area contributed by atoms with Crippen LogP contribution in [0.5, 0.6) is 0 Å². The van der Waals surface area contributed by atoms with Crippen molar-refractivity contribution in [1.29, 1.82) is 0 Å². The number of benzene rings is 1. The molecule has 7 nitrogen and oxygen atoms in total. The lowest BCUT2D eigenvalue weighted by molar-refractivity contribution is -0.116. The van der Waals surface area contributed by atoms with Gasteiger partial charge >= 0.3 is 0 Å². The molecular weight excluding hydrogens is 260 g/mol. The molecule has 0 radical (unpaired) electrons. The van der Waals surface area contributed by atoms with E-state index in [1.54, 1.807) is 24.3 Å². The summed E-state index contributed by atoms with van der Waals surface area (Å²) in [6, 6.07) is 6.73. The second-order valence-electron chi connectivity index (χ2n) is 4.11. The molecule has 0 spiro atoms. The topological polar surface area (TPSA) is 94.0 Å². The number of nitrogens with zero attached hydrogens (tertiary/aromatic N) is 3. The van der Waals surface area contributed by atoms with Crippen molar-refractivity contribution >= 4 is 23.7 Å². The molecule has 7 heteroatoms. The van der Waals surface area contributed by atoms with Crippen molar-refractivity contribution in [3.05, 3.63) is 41.7 Å². The minimum Gasteiger partial charge on any atom is -0.324 e. The van der Waals surface area contributed by atoms with Gasteiger partial charge < -0.3 is 5.32 Å². The highest BCUT2D eigenvalue weighted by Gasteiger charge is 2.10. The van der Waals surface area contributed by atoms with E-state index in [4.69, 9.17) is 0 Å². The molecule has 0 unspecified atom stereocenters. The molecule has 1 heterocycles. The molecule has 0 saturated carbocycles. The Kier molecular flexibility index (Phi) is 3.99. The molecule has 0 aliphatic heterocycles. The number of hydrogen-bond donors (Lipinski definition) is 1. The van der Waals surface area contributed by atoms with Gasteiger partial charge in [0.2, 0.25) is 5.91 Å². The van der Waals surface area contributed by atoms with E-state index in [1.165, 1.54) is 17.8 Å². The smallest absolute Gasteiger partial charge is 0.246 e. The number of aromatic nitrogens is 3. The molecule has 0 saturated heterocycles. The van der Waals surface area contributed by atoms with Gasteiger partial charge in [0, 0.05) is 5.56 Å². The van der Waals surface area contributed by atoms with Crippen molar-refractivity contribution in [1.82, 2.24) is 15.0 Å². The zero-order chi connectivity index (χ0) is 14.5. The Balaban J connectivity index is 2.08. The predicted molar refractivity (Wildman–Crippen MR) is 70.5 cm³/mol. The minimum atomic E-state index is -0.360. The summed E-state index contributed by atoms with van der Waals surface area (Å²) in [4.78, 5) is 33.7. The number of anilines is 1. The molecular formula is C13H12N4O3. The number of Topliss-reactive ketones (excluding diaryl/α,β-unsaturated/α-hetero) is 1. The number of ketones is 1. The third-order valence-electron chi connectivity index (χ3n) is 2.56. The SMILES string of the molecule is CC(=O)c1ccccc1NC(=O)Cn1cc(C=O)nn1. The number of carbonyl (C=O) groups excluding carboxylic acids is 3. The van der Waals surface area contributed by atoms with Crippen LogP contribution in [0.1, 0.15) is 27.8 Å². The Bertz CT molecular complexity index is 663. The van der Waals surface area contributed by atoms with Gasteiger partial charge in [0.05, 0.1) is 11.9 Å². The highest BCUT2D eigenvalue weighted by molar-refractivity contribution is 6.03. The van der Waals surface area contributed by atoms with Gasteiger partial charge in [0.1, 0.15) is 12.2 Å². The van der Waals surface area contributed by atoms with Crippen LogP contribution in [0.15, 0.2) is 30.5 Å². The number of hydrogen-bond acceptors (Lipinski definition) is 5. The largest absolute Gasteiger partial charge is 0.324 e. The molecule has 0 atom stereocenters. The summed E-state index contributed by atoms with van der Waals surface area (Å²) in [5.41, 5.74) is 1.04. The van der Waals surface area contributed by atoms with E-state index in [0.29, 0.717) is 17.5 Å². The van der Waals surface area contributed by atoms with Crippen LogP contribution in [0.2, 0.25) is 0 Å². The van der Waals surface area contributed by atoms with Crippen molar-refractivity contribution in [3.63, 3.8) is 0 Å². The quantitative estimate of drug-likeness (QED) is 0.645. The lowest BCUT2D eigenvalue weighted by atomic mass is 10.1. The summed E-state index contributed by atoms with van der Waals surface area (Å²) in [6.45, 7) is 1.34. The molecule has 1 N–H and O–H groups in total. The summed E-state index contributed by atoms with van der Waals surface area (Å²) in [5, 5.41) is 9.82. The Labute approximate surface area is 114 Å². The number of nitrogens with one attached hydrogen (secondary N) is 1. The predicted octanol–water partition coefficient (Wildman–Crippen LogP) is 0.932. The number of carbonyl (C=O) groups is 3. The van der Waals surface area contributed by atoms with Crippen LogP contribution in [-0.4, -0.2) is 33.0 Å². The fourth-order valence-corrected chi connectivity index (χ4v) is 1.68. The molecule has 0 fully saturated rings. The number of aldehydes is 1. The number of rotatable bonds is 5. The molecule has 1 amide bonds. The molecule has 0 bridgehead atoms. The molecule has 0 aliphatic carbocycles. The summed E-state index contributed by atoms with van der Waals surface area (Å²) in [5.74, 6) is -0.494. The Morgan fingerprint density at radius 2 is 2.10 bits per heavy atom. The van der Waals surface area contributed by atoms with E-state index in [0.717, 1.165) is 0 Å². The van der Waals surface area contributed by atoms with Crippen LogP contribution in [-0.2, 0) is 11.3 Å². The van der Waals surface area contributed by atoms with Crippen LogP contribution >= 0.6 is 0 Å². The maximum atomic E-state index is 11.9. The zero-order valence-corrected chi connectivity index (χ0v) is 10.7. The van der Waals surface area contributed by atoms with E-state index in [2.05, 4.69) is 15.6 Å². The van der Waals surface area contributed by atoms with Crippen LogP contribution in [0.4, 0.5) is 5.69 Å². The van der Waals surface area contributed by atoms with E-state index >= 15 is 0 Å². The summed E-state index contributed by atoms with van der Waals surface area (Å²) in [7, 11) is 0. The van der Waals surface area contributed by atoms with Crippen LogP contribution in [0.3, 0.4) is 0 Å². The fourth-order valence-electron chi connectivity index (χ4n) is 1.68. The molecule has 20 heavy (non-hydrogen) atoms. The van der Waals surface area contributed by atoms with Crippen molar-refractivity contribution in [3.8, 4) is 0 Å². The molecule has 0 aliphatic rings. The van der Waals surface area contributed by atoms with Gasteiger partial charge in [-0.3, -0.25) is 14.4 Å². The van der Waals surface area contributed by atoms with E-state index in [9.17, 15) is 14.4 Å². The number of amides is 1. The summed E-state index contributed by atoms with van der Waals surface area (Å²) >= 11 is 0. The lowest BCUT2D eigenvalue weighted by Gasteiger charge is -2.08. The van der Waals surface area contributed by atoms with Gasteiger partial charge in [0.25, 0.3) is 0 Å². The van der Waals surface area contributed by atoms with Crippen molar-refractivity contribution in [2.45, 2.75) is 13.5 Å². The monoisotopic (exact) mass is 272 g/mol. The van der Waals surface area contributed by atoms with E-state index < -0.39 is 0 Å². The first-order valence-electron chi connectivity index (χ1n) is 5.85. The Morgan fingerprint density at radius 3 is 2.75 bits per heavy atom. The van der Waals surface area contributed by atoms with Gasteiger partial charge in [-0.25, -0.2) is 4.68 Å². The van der Waals surface area contributed by atoms with Gasteiger partial charge in [-0.15, -0.1) is 5.10 Å². The summed E-state index contributed by atoms with van der Waals surface area (Å²) in [6.07, 6.45) is 1.91. The Morgan fingerprint density at radius 1 is 1.35 bits per heavy atom. The van der Waals surface area contributed by atoms with Gasteiger partial charge in [-0.2, -0.15) is 0 Å². The second-order valence-corrected chi connectivity index (χ2v) is 4.11. The molecule has 2 aromatic rings. The highest BCUT2D eigenvalue weighted by atomic mass is 16.2. The first kappa shape index (κ1) is 13.6. The number of para-hydroxylation sites is 1. The minimum absolute atomic E-state index is 0.0902. The molecule has 102 valence electrons. The third-order valence-corrected chi connectivity index (χ3v) is 2.56. The normalized spacial score (nSPS) is 10.1. The van der Waals surface area contributed by atoms with Gasteiger partial charge in [0.15, 0.2) is 12.1 Å². The molecule has 1 aromatic carbocycles. The fraction of sp³-hybridized carbons (Fsp3) is 0.154. The van der Waals surface area contributed by atoms with Crippen molar-refractivity contribution in [2.75, 3.05) is 5.32 Å². The zero-order valence-electron chi connectivity index (χ0n) is 10.7. The maximum Gasteiger partial charge on any atom is 0.246 e. The van der Waals surface area contributed by atoms with Gasteiger partial charge in [-0.1, -0.05) is 17.3 Å². The van der Waals surface area contributed by atoms with Gasteiger partial charge in [-0.05, 0) is 19.1 Å². The average Bonchev–Trinajstić information content (AvgIpc) is 2.86. The standard InChI is InChI=1S/C13H12N4O3/c1-9(19)11-4-2-3-5-12(11)14-13(20)7-17-6-10(8-18)15-16-17/h2-6,8H,7H2,1H3,(H,14,20). The van der Waals surface area contributed by atoms with Crippen LogP contribution in [0.25, 0.3) is 0 Å². The maximum absolute atomic E-state index is 11.9. The molecule has 1 aromatic heterocycles. The van der Waals surface area contributed by atoms with Crippen molar-refractivity contribution in [2.24, 2.45) is 0 Å². The summed E-state index contributed by atoms with van der Waals surface area (Å²) < 4.78 is 1.25. The molecule has 2 rings (SSSR count). The third kappa shape index (κ3) is 3.14. The average molecular weight is 272 g/mol. The van der Waals surface area contributed by atoms with E-state index in [-0.39, 0.29) is 23.9 Å². The highest BCUT2D eigenvalue weighted by Crippen LogP contribution is 2.15. The van der Waals surface area contributed by atoms with E-state index in [1.807, 2.05) is 0 Å². The van der Waals surface area contributed by atoms with Crippen LogP contribution in [0, 0.1) is 0 Å². The Hall–Kier alpha value is -2.83.